The molecule has 3 nitrogen and oxygen atoms in total. The molecule has 1 atom stereocenters. The third-order valence-corrected chi connectivity index (χ3v) is 2.10. The van der Waals surface area contributed by atoms with Crippen LogP contribution in [0.3, 0.4) is 0 Å². The van der Waals surface area contributed by atoms with Gasteiger partial charge in [-0.05, 0) is 31.6 Å². The summed E-state index contributed by atoms with van der Waals surface area (Å²) in [7, 11) is 1.89. The van der Waals surface area contributed by atoms with Crippen LogP contribution >= 0.6 is 37.0 Å². The summed E-state index contributed by atoms with van der Waals surface area (Å²) in [5.41, 5.74) is 5.31. The Morgan fingerprint density at radius 3 is 2.27 bits per heavy atom. The molecule has 6 heteroatoms. The van der Waals surface area contributed by atoms with Crippen LogP contribution < -0.4 is 11.1 Å². The fourth-order valence-corrected chi connectivity index (χ4v) is 1.36. The smallest absolute Gasteiger partial charge is 0.176 e. The molecule has 0 bridgehead atoms. The molecule has 0 aromatic carbocycles. The number of halogens is 2. The predicted octanol–water partition coefficient (Wildman–Crippen LogP) is 1.77. The van der Waals surface area contributed by atoms with E-state index in [1.807, 2.05) is 7.05 Å². The van der Waals surface area contributed by atoms with Crippen LogP contribution in [0.25, 0.3) is 0 Å². The number of ether oxygens (including phenoxy) is 1. The maximum atomic E-state index is 5.31. The molecule has 0 aliphatic heterocycles. The predicted molar refractivity (Wildman–Crippen MR) is 74.4 cm³/mol. The van der Waals surface area contributed by atoms with E-state index in [0.717, 1.165) is 6.42 Å². The molecule has 0 aromatic rings. The van der Waals surface area contributed by atoms with Crippen molar-refractivity contribution >= 4 is 42.1 Å². The number of hydrogen-bond acceptors (Lipinski definition) is 4. The highest BCUT2D eigenvalue weighted by molar-refractivity contribution is 7.80. The van der Waals surface area contributed by atoms with Crippen molar-refractivity contribution in [3.8, 4) is 0 Å². The van der Waals surface area contributed by atoms with Crippen molar-refractivity contribution < 1.29 is 4.74 Å². The van der Waals surface area contributed by atoms with Crippen LogP contribution in [0.15, 0.2) is 0 Å². The van der Waals surface area contributed by atoms with Crippen LogP contribution in [-0.2, 0) is 4.74 Å². The van der Waals surface area contributed by atoms with Gasteiger partial charge in [0.25, 0.3) is 0 Å². The SMILES string of the molecule is CN[C@@H](CC(C)C)C(=S)OCCN.Cl.Cl. The summed E-state index contributed by atoms with van der Waals surface area (Å²) < 4.78 is 5.29. The van der Waals surface area contributed by atoms with Crippen LogP contribution in [0.4, 0.5) is 0 Å². The Kier molecular flexibility index (Phi) is 17.2. The first kappa shape index (κ1) is 20.8. The summed E-state index contributed by atoms with van der Waals surface area (Å²) in [6, 6.07) is 0.168. The lowest BCUT2D eigenvalue weighted by Crippen LogP contribution is -2.36. The van der Waals surface area contributed by atoms with Crippen molar-refractivity contribution in [1.29, 1.82) is 0 Å². The molecule has 0 fully saturated rings. The van der Waals surface area contributed by atoms with Gasteiger partial charge in [-0.25, -0.2) is 0 Å². The highest BCUT2D eigenvalue weighted by atomic mass is 35.5. The van der Waals surface area contributed by atoms with E-state index in [1.165, 1.54) is 0 Å². The molecule has 0 rings (SSSR count). The van der Waals surface area contributed by atoms with Gasteiger partial charge in [0.05, 0.1) is 6.04 Å². The van der Waals surface area contributed by atoms with Crippen molar-refractivity contribution in [1.82, 2.24) is 5.32 Å². The standard InChI is InChI=1S/C9H20N2OS.2ClH/c1-7(2)6-8(11-3)9(13)12-5-4-10;;/h7-8,11H,4-6,10H2,1-3H3;2*1H/t8-;;/m0../s1. The normalized spacial score (nSPS) is 11.3. The van der Waals surface area contributed by atoms with E-state index in [2.05, 4.69) is 19.2 Å². The molecule has 0 aliphatic rings. The topological polar surface area (TPSA) is 47.3 Å². The summed E-state index contributed by atoms with van der Waals surface area (Å²) in [5.74, 6) is 0.608. The summed E-state index contributed by atoms with van der Waals surface area (Å²) in [5, 5.41) is 3.76. The average Bonchev–Trinajstić information content (AvgIpc) is 2.09. The molecule has 0 amide bonds. The Morgan fingerprint density at radius 2 is 1.93 bits per heavy atom. The summed E-state index contributed by atoms with van der Waals surface area (Å²) in [6.45, 7) is 5.35. The Labute approximate surface area is 110 Å². The van der Waals surface area contributed by atoms with Gasteiger partial charge in [-0.15, -0.1) is 24.8 Å². The fourth-order valence-electron chi connectivity index (χ4n) is 1.06. The first-order chi connectivity index (χ1) is 6.11. The minimum Gasteiger partial charge on any atom is -0.484 e. The third-order valence-electron chi connectivity index (χ3n) is 1.70. The number of rotatable bonds is 6. The minimum atomic E-state index is 0. The lowest BCUT2D eigenvalue weighted by molar-refractivity contribution is 0.298. The highest BCUT2D eigenvalue weighted by Gasteiger charge is 2.14. The molecule has 0 radical (unpaired) electrons. The second-order valence-electron chi connectivity index (χ2n) is 3.43. The van der Waals surface area contributed by atoms with E-state index in [4.69, 9.17) is 22.7 Å². The highest BCUT2D eigenvalue weighted by Crippen LogP contribution is 2.06. The van der Waals surface area contributed by atoms with Gasteiger partial charge < -0.3 is 15.8 Å². The van der Waals surface area contributed by atoms with Gasteiger partial charge in [0.2, 0.25) is 0 Å². The molecule has 0 saturated heterocycles. The lowest BCUT2D eigenvalue weighted by atomic mass is 10.0. The first-order valence-electron chi connectivity index (χ1n) is 4.65. The molecule has 0 aliphatic carbocycles. The Bertz CT molecular complexity index is 159. The van der Waals surface area contributed by atoms with E-state index >= 15 is 0 Å². The molecule has 3 N–H and O–H groups in total. The van der Waals surface area contributed by atoms with Gasteiger partial charge >= 0.3 is 0 Å². The summed E-state index contributed by atoms with van der Waals surface area (Å²) >= 11 is 5.12. The molecular formula is C9H22Cl2N2OS. The van der Waals surface area contributed by atoms with E-state index in [-0.39, 0.29) is 30.9 Å². The largest absolute Gasteiger partial charge is 0.484 e. The number of hydrogen-bond donors (Lipinski definition) is 2. The summed E-state index contributed by atoms with van der Waals surface area (Å²) in [6.07, 6.45) is 1.000. The van der Waals surface area contributed by atoms with Crippen molar-refractivity contribution in [2.75, 3.05) is 20.2 Å². The molecule has 0 saturated carbocycles. The minimum absolute atomic E-state index is 0. The van der Waals surface area contributed by atoms with Gasteiger partial charge in [-0.3, -0.25) is 0 Å². The van der Waals surface area contributed by atoms with Crippen LogP contribution in [-0.4, -0.2) is 31.3 Å². The van der Waals surface area contributed by atoms with Crippen LogP contribution in [0.5, 0.6) is 0 Å². The van der Waals surface area contributed by atoms with E-state index < -0.39 is 0 Å². The monoisotopic (exact) mass is 276 g/mol. The molecule has 0 aromatic heterocycles. The van der Waals surface area contributed by atoms with Gasteiger partial charge in [-0.2, -0.15) is 0 Å². The second kappa shape index (κ2) is 12.5. The van der Waals surface area contributed by atoms with Crippen LogP contribution in [0.2, 0.25) is 0 Å². The van der Waals surface area contributed by atoms with Gasteiger partial charge in [0.1, 0.15) is 6.61 Å². The fraction of sp³-hybridized carbons (Fsp3) is 0.889. The maximum Gasteiger partial charge on any atom is 0.176 e. The van der Waals surface area contributed by atoms with Crippen molar-refractivity contribution in [2.45, 2.75) is 26.3 Å². The van der Waals surface area contributed by atoms with E-state index in [0.29, 0.717) is 24.1 Å². The average molecular weight is 277 g/mol. The molecule has 0 spiro atoms. The quantitative estimate of drug-likeness (QED) is 0.726. The Balaban J connectivity index is -0.000000720. The lowest BCUT2D eigenvalue weighted by Gasteiger charge is -2.19. The molecular weight excluding hydrogens is 255 g/mol. The van der Waals surface area contributed by atoms with Crippen molar-refractivity contribution in [3.05, 3.63) is 0 Å². The van der Waals surface area contributed by atoms with E-state index in [1.54, 1.807) is 0 Å². The second-order valence-corrected chi connectivity index (χ2v) is 3.83. The molecule has 0 unspecified atom stereocenters. The Hall–Kier alpha value is 0.390. The van der Waals surface area contributed by atoms with Gasteiger partial charge in [-0.1, -0.05) is 13.8 Å². The number of likely N-dealkylation sites (N-methyl/N-ethyl adjacent to an activating group) is 1. The Morgan fingerprint density at radius 1 is 1.40 bits per heavy atom. The maximum absolute atomic E-state index is 5.31. The van der Waals surface area contributed by atoms with E-state index in [9.17, 15) is 0 Å². The number of nitrogens with two attached hydrogens (primary N) is 1. The van der Waals surface area contributed by atoms with Crippen molar-refractivity contribution in [3.63, 3.8) is 0 Å². The zero-order valence-corrected chi connectivity index (χ0v) is 11.9. The van der Waals surface area contributed by atoms with Gasteiger partial charge in [0.15, 0.2) is 5.05 Å². The van der Waals surface area contributed by atoms with Crippen LogP contribution in [0.1, 0.15) is 20.3 Å². The molecule has 94 valence electrons. The first-order valence-corrected chi connectivity index (χ1v) is 5.06. The number of nitrogens with one attached hydrogen (secondary N) is 1. The van der Waals surface area contributed by atoms with Crippen LogP contribution in [0, 0.1) is 5.92 Å². The summed E-state index contributed by atoms with van der Waals surface area (Å²) in [4.78, 5) is 0. The van der Waals surface area contributed by atoms with Gasteiger partial charge in [0, 0.05) is 6.54 Å². The number of thiocarbonyl (C=S) groups is 1. The zero-order chi connectivity index (χ0) is 10.3. The molecule has 15 heavy (non-hydrogen) atoms. The molecule has 0 heterocycles. The van der Waals surface area contributed by atoms with Crippen molar-refractivity contribution in [2.24, 2.45) is 11.7 Å². The zero-order valence-electron chi connectivity index (χ0n) is 9.49. The third kappa shape index (κ3) is 10.7.